The normalized spacial score (nSPS) is 12.2. The molecule has 0 bridgehead atoms. The van der Waals surface area contributed by atoms with E-state index in [9.17, 15) is 9.50 Å². The van der Waals surface area contributed by atoms with Crippen molar-refractivity contribution in [3.05, 3.63) is 94.5 Å². The zero-order chi connectivity index (χ0) is 20.2. The Hall–Kier alpha value is -2.70. The van der Waals surface area contributed by atoms with E-state index in [2.05, 4.69) is 15.9 Å². The van der Waals surface area contributed by atoms with E-state index >= 15 is 0 Å². The third kappa shape index (κ3) is 4.66. The smallest absolute Gasteiger partial charge is 0.133 e. The van der Waals surface area contributed by atoms with Crippen LogP contribution in [0.1, 0.15) is 11.4 Å². The number of aliphatic hydroxyl groups is 1. The molecule has 1 aromatic heterocycles. The molecule has 0 spiro atoms. The lowest BCUT2D eigenvalue weighted by atomic mass is 10.1. The number of imidazole rings is 1. The molecule has 3 aromatic carbocycles. The topological polar surface area (TPSA) is 47.3 Å². The summed E-state index contributed by atoms with van der Waals surface area (Å²) in [6.07, 6.45) is -0.168. The summed E-state index contributed by atoms with van der Waals surface area (Å²) < 4.78 is 21.8. The van der Waals surface area contributed by atoms with Crippen LogP contribution in [-0.2, 0) is 13.0 Å². The Morgan fingerprint density at radius 1 is 1.00 bits per heavy atom. The molecule has 0 saturated heterocycles. The summed E-state index contributed by atoms with van der Waals surface area (Å²) in [5.41, 5.74) is 2.77. The fourth-order valence-corrected chi connectivity index (χ4v) is 3.66. The number of hydrogen-bond acceptors (Lipinski definition) is 3. The third-order valence-electron chi connectivity index (χ3n) is 4.67. The van der Waals surface area contributed by atoms with Gasteiger partial charge in [0.15, 0.2) is 0 Å². The molecule has 4 aromatic rings. The minimum Gasteiger partial charge on any atom is -0.490 e. The molecule has 1 N–H and O–H groups in total. The van der Waals surface area contributed by atoms with Gasteiger partial charge in [-0.1, -0.05) is 36.4 Å². The van der Waals surface area contributed by atoms with Gasteiger partial charge in [0.05, 0.1) is 22.1 Å². The van der Waals surface area contributed by atoms with Crippen LogP contribution in [0.5, 0.6) is 5.75 Å². The second-order valence-corrected chi connectivity index (χ2v) is 7.68. The summed E-state index contributed by atoms with van der Waals surface area (Å²) >= 11 is 3.44. The predicted molar refractivity (Wildman–Crippen MR) is 115 cm³/mol. The summed E-state index contributed by atoms with van der Waals surface area (Å²) in [5.74, 6) is 1.24. The SMILES string of the molecule is OC(COc1ccccc1Br)Cn1c(Cc2ccc(F)cc2)nc2ccccc21. The first-order valence-corrected chi connectivity index (χ1v) is 10.1. The molecule has 6 heteroatoms. The average molecular weight is 455 g/mol. The largest absolute Gasteiger partial charge is 0.490 e. The molecular weight excluding hydrogens is 435 g/mol. The van der Waals surface area contributed by atoms with Gasteiger partial charge in [0.2, 0.25) is 0 Å². The maximum Gasteiger partial charge on any atom is 0.133 e. The number of aromatic nitrogens is 2. The van der Waals surface area contributed by atoms with Gasteiger partial charge in [-0.3, -0.25) is 0 Å². The number of rotatable bonds is 7. The lowest BCUT2D eigenvalue weighted by molar-refractivity contribution is 0.0924. The van der Waals surface area contributed by atoms with Gasteiger partial charge in [0, 0.05) is 6.42 Å². The number of halogens is 2. The van der Waals surface area contributed by atoms with E-state index in [4.69, 9.17) is 9.72 Å². The van der Waals surface area contributed by atoms with Crippen LogP contribution in [0.25, 0.3) is 11.0 Å². The van der Waals surface area contributed by atoms with Crippen LogP contribution in [-0.4, -0.2) is 27.4 Å². The van der Waals surface area contributed by atoms with Gasteiger partial charge in [-0.2, -0.15) is 0 Å². The Bertz CT molecular complexity index is 1110. The lowest BCUT2D eigenvalue weighted by Crippen LogP contribution is -2.24. The molecule has 29 heavy (non-hydrogen) atoms. The van der Waals surface area contributed by atoms with Gasteiger partial charge in [-0.05, 0) is 57.9 Å². The Morgan fingerprint density at radius 3 is 2.52 bits per heavy atom. The zero-order valence-corrected chi connectivity index (χ0v) is 17.2. The van der Waals surface area contributed by atoms with E-state index in [0.717, 1.165) is 26.9 Å². The summed E-state index contributed by atoms with van der Waals surface area (Å²) in [7, 11) is 0. The molecule has 0 aliphatic heterocycles. The van der Waals surface area contributed by atoms with Crippen molar-refractivity contribution in [2.45, 2.75) is 19.1 Å². The van der Waals surface area contributed by atoms with Gasteiger partial charge in [-0.15, -0.1) is 0 Å². The predicted octanol–water partition coefficient (Wildman–Crippen LogP) is 4.97. The highest BCUT2D eigenvalue weighted by Gasteiger charge is 2.15. The van der Waals surface area contributed by atoms with Crippen molar-refractivity contribution >= 4 is 27.0 Å². The standard InChI is InChI=1S/C23H20BrFN2O2/c24-19-5-1-4-8-22(19)29-15-18(28)14-27-21-7-3-2-6-20(21)26-23(27)13-16-9-11-17(25)12-10-16/h1-12,18,28H,13-15H2. The first kappa shape index (κ1) is 19.6. The summed E-state index contributed by atoms with van der Waals surface area (Å²) in [5, 5.41) is 10.6. The Labute approximate surface area is 176 Å². The molecule has 1 atom stereocenters. The van der Waals surface area contributed by atoms with Crippen LogP contribution in [0.3, 0.4) is 0 Å². The monoisotopic (exact) mass is 454 g/mol. The quantitative estimate of drug-likeness (QED) is 0.428. The number of ether oxygens (including phenoxy) is 1. The molecule has 0 amide bonds. The summed E-state index contributed by atoms with van der Waals surface area (Å²) in [6.45, 7) is 0.507. The molecular formula is C23H20BrFN2O2. The summed E-state index contributed by atoms with van der Waals surface area (Å²) in [6, 6.07) is 21.8. The number of fused-ring (bicyclic) bond motifs is 1. The van der Waals surface area contributed by atoms with Crippen molar-refractivity contribution in [2.75, 3.05) is 6.61 Å². The van der Waals surface area contributed by atoms with E-state index in [-0.39, 0.29) is 12.4 Å². The molecule has 1 unspecified atom stereocenters. The number of hydrogen-bond donors (Lipinski definition) is 1. The van der Waals surface area contributed by atoms with Crippen LogP contribution >= 0.6 is 15.9 Å². The van der Waals surface area contributed by atoms with Crippen LogP contribution in [0.2, 0.25) is 0 Å². The van der Waals surface area contributed by atoms with Gasteiger partial charge < -0.3 is 14.4 Å². The van der Waals surface area contributed by atoms with Crippen molar-refractivity contribution < 1.29 is 14.2 Å². The maximum absolute atomic E-state index is 13.2. The second kappa shape index (κ2) is 8.76. The zero-order valence-electron chi connectivity index (χ0n) is 15.6. The van der Waals surface area contributed by atoms with E-state index in [1.54, 1.807) is 12.1 Å². The Balaban J connectivity index is 1.55. The van der Waals surface area contributed by atoms with Crippen LogP contribution in [0.4, 0.5) is 4.39 Å². The first-order valence-electron chi connectivity index (χ1n) is 9.34. The van der Waals surface area contributed by atoms with Gasteiger partial charge in [-0.25, -0.2) is 9.37 Å². The third-order valence-corrected chi connectivity index (χ3v) is 5.33. The van der Waals surface area contributed by atoms with Gasteiger partial charge >= 0.3 is 0 Å². The maximum atomic E-state index is 13.2. The van der Waals surface area contributed by atoms with Crippen LogP contribution in [0, 0.1) is 5.82 Å². The molecule has 0 radical (unpaired) electrons. The van der Waals surface area contributed by atoms with Crippen molar-refractivity contribution in [2.24, 2.45) is 0 Å². The number of benzene rings is 3. The first-order chi connectivity index (χ1) is 14.1. The molecule has 0 saturated carbocycles. The summed E-state index contributed by atoms with van der Waals surface area (Å²) in [4.78, 5) is 4.73. The van der Waals surface area contributed by atoms with Crippen molar-refractivity contribution in [3.8, 4) is 5.75 Å². The molecule has 4 rings (SSSR count). The molecule has 1 heterocycles. The van der Waals surface area contributed by atoms with Crippen molar-refractivity contribution in [1.29, 1.82) is 0 Å². The fraction of sp³-hybridized carbons (Fsp3) is 0.174. The Morgan fingerprint density at radius 2 is 1.72 bits per heavy atom. The molecule has 148 valence electrons. The number of para-hydroxylation sites is 3. The lowest BCUT2D eigenvalue weighted by Gasteiger charge is -2.16. The molecule has 0 aliphatic carbocycles. The highest BCUT2D eigenvalue weighted by Crippen LogP contribution is 2.24. The van der Waals surface area contributed by atoms with E-state index in [1.807, 2.05) is 53.1 Å². The van der Waals surface area contributed by atoms with E-state index in [1.165, 1.54) is 12.1 Å². The van der Waals surface area contributed by atoms with E-state index < -0.39 is 6.10 Å². The van der Waals surface area contributed by atoms with E-state index in [0.29, 0.717) is 18.7 Å². The minimum absolute atomic E-state index is 0.158. The van der Waals surface area contributed by atoms with Crippen LogP contribution in [0.15, 0.2) is 77.3 Å². The highest BCUT2D eigenvalue weighted by molar-refractivity contribution is 9.10. The molecule has 0 fully saturated rings. The number of nitrogens with zero attached hydrogens (tertiary/aromatic N) is 2. The number of aliphatic hydroxyl groups excluding tert-OH is 1. The van der Waals surface area contributed by atoms with Gasteiger partial charge in [0.25, 0.3) is 0 Å². The Kier molecular flexibility index (Phi) is 5.92. The average Bonchev–Trinajstić information content (AvgIpc) is 3.06. The minimum atomic E-state index is -0.716. The molecule has 4 nitrogen and oxygen atoms in total. The van der Waals surface area contributed by atoms with Crippen LogP contribution < -0.4 is 4.74 Å². The fourth-order valence-electron chi connectivity index (χ4n) is 3.26. The molecule has 0 aliphatic rings. The van der Waals surface area contributed by atoms with Crippen molar-refractivity contribution in [3.63, 3.8) is 0 Å². The second-order valence-electron chi connectivity index (χ2n) is 6.83. The van der Waals surface area contributed by atoms with Gasteiger partial charge in [0.1, 0.15) is 30.1 Å². The van der Waals surface area contributed by atoms with Crippen molar-refractivity contribution in [1.82, 2.24) is 9.55 Å². The highest BCUT2D eigenvalue weighted by atomic mass is 79.9.